The topological polar surface area (TPSA) is 208 Å². The standard InChI is InChI=1S/C10H22O7.H3O4P/c11-1-9(2-12,3-13)7-17-8-10(4-14,5-15)6-16;1-5(2,3)4/h11-16H,1-8H2;(H3,1,2,3,4). The van der Waals surface area contributed by atoms with Gasteiger partial charge < -0.3 is 50.1 Å². The first-order valence-electron chi connectivity index (χ1n) is 6.09. The predicted molar refractivity (Wildman–Crippen MR) is 72.5 cm³/mol. The second-order valence-corrected chi connectivity index (χ2v) is 5.98. The Labute approximate surface area is 127 Å². The van der Waals surface area contributed by atoms with Gasteiger partial charge in [0.15, 0.2) is 0 Å². The van der Waals surface area contributed by atoms with Crippen molar-refractivity contribution >= 4 is 7.82 Å². The van der Waals surface area contributed by atoms with E-state index in [2.05, 4.69) is 0 Å². The molecule has 0 atom stereocenters. The van der Waals surface area contributed by atoms with E-state index in [-0.39, 0.29) is 13.2 Å². The molecule has 0 bridgehead atoms. The second kappa shape index (κ2) is 11.4. The highest BCUT2D eigenvalue weighted by Crippen LogP contribution is 2.25. The van der Waals surface area contributed by atoms with E-state index in [1.54, 1.807) is 0 Å². The fourth-order valence-electron chi connectivity index (χ4n) is 1.06. The van der Waals surface area contributed by atoms with Gasteiger partial charge in [0.25, 0.3) is 0 Å². The number of aliphatic hydroxyl groups excluding tert-OH is 6. The molecule has 0 aromatic heterocycles. The molecule has 22 heavy (non-hydrogen) atoms. The quantitative estimate of drug-likeness (QED) is 0.173. The molecule has 9 N–H and O–H groups in total. The molecule has 0 fully saturated rings. The van der Waals surface area contributed by atoms with E-state index in [4.69, 9.17) is 54.6 Å². The van der Waals surface area contributed by atoms with E-state index in [1.165, 1.54) is 0 Å². The minimum Gasteiger partial charge on any atom is -0.396 e. The van der Waals surface area contributed by atoms with Gasteiger partial charge in [-0.3, -0.25) is 0 Å². The summed E-state index contributed by atoms with van der Waals surface area (Å²) in [5, 5.41) is 54.2. The highest BCUT2D eigenvalue weighted by Gasteiger charge is 2.32. The third-order valence-electron chi connectivity index (χ3n) is 2.83. The van der Waals surface area contributed by atoms with Gasteiger partial charge in [-0.25, -0.2) is 4.57 Å². The molecule has 0 rings (SSSR count). The molecule has 0 spiro atoms. The summed E-state index contributed by atoms with van der Waals surface area (Å²) in [6.07, 6.45) is 0. The van der Waals surface area contributed by atoms with Gasteiger partial charge >= 0.3 is 7.82 Å². The average molecular weight is 352 g/mol. The van der Waals surface area contributed by atoms with Crippen LogP contribution in [0.1, 0.15) is 0 Å². The Morgan fingerprint density at radius 1 is 0.636 bits per heavy atom. The number of hydrogen-bond acceptors (Lipinski definition) is 8. The SMILES string of the molecule is O=P(O)(O)O.OCC(CO)(CO)COCC(CO)(CO)CO. The van der Waals surface area contributed by atoms with Crippen molar-refractivity contribution in [2.24, 2.45) is 10.8 Å². The molecule has 0 heterocycles. The van der Waals surface area contributed by atoms with Crippen LogP contribution in [0.3, 0.4) is 0 Å². The van der Waals surface area contributed by atoms with Gasteiger partial charge in [0, 0.05) is 0 Å². The molecule has 0 aromatic rings. The molecule has 0 amide bonds. The molecular weight excluding hydrogens is 327 g/mol. The largest absolute Gasteiger partial charge is 0.466 e. The van der Waals surface area contributed by atoms with Gasteiger partial charge in [-0.05, 0) is 0 Å². The van der Waals surface area contributed by atoms with Crippen LogP contribution in [0, 0.1) is 10.8 Å². The van der Waals surface area contributed by atoms with E-state index < -0.39 is 58.3 Å². The first kappa shape index (κ1) is 24.1. The zero-order valence-electron chi connectivity index (χ0n) is 11.9. The van der Waals surface area contributed by atoms with Crippen molar-refractivity contribution in [2.75, 3.05) is 52.9 Å². The molecule has 0 unspecified atom stereocenters. The van der Waals surface area contributed by atoms with Crippen LogP contribution in [-0.4, -0.2) is 98.2 Å². The summed E-state index contributed by atoms with van der Waals surface area (Å²) in [5.41, 5.74) is -2.32. The van der Waals surface area contributed by atoms with E-state index in [0.29, 0.717) is 0 Å². The lowest BCUT2D eigenvalue weighted by molar-refractivity contribution is -0.103. The first-order valence-corrected chi connectivity index (χ1v) is 7.65. The fourth-order valence-corrected chi connectivity index (χ4v) is 1.06. The van der Waals surface area contributed by atoms with Crippen molar-refractivity contribution in [3.8, 4) is 0 Å². The number of rotatable bonds is 10. The molecule has 0 aliphatic carbocycles. The average Bonchev–Trinajstić information content (AvgIpc) is 2.47. The van der Waals surface area contributed by atoms with Crippen LogP contribution in [0.15, 0.2) is 0 Å². The molecule has 0 aromatic carbocycles. The summed E-state index contributed by atoms with van der Waals surface area (Å²) in [6.45, 7) is -3.01. The number of phosphoric acid groups is 1. The van der Waals surface area contributed by atoms with Crippen LogP contribution >= 0.6 is 7.82 Å². The maximum absolute atomic E-state index is 9.03. The van der Waals surface area contributed by atoms with Crippen molar-refractivity contribution < 1.29 is 54.6 Å². The van der Waals surface area contributed by atoms with Gasteiger partial charge in [-0.1, -0.05) is 0 Å². The summed E-state index contributed by atoms with van der Waals surface area (Å²) in [6, 6.07) is 0. The first-order chi connectivity index (χ1) is 10.1. The molecule has 12 heteroatoms. The van der Waals surface area contributed by atoms with Crippen molar-refractivity contribution in [3.63, 3.8) is 0 Å². The maximum Gasteiger partial charge on any atom is 0.466 e. The monoisotopic (exact) mass is 352 g/mol. The Bertz CT molecular complexity index is 265. The minimum absolute atomic E-state index is 0.141. The van der Waals surface area contributed by atoms with E-state index in [1.807, 2.05) is 0 Å². The van der Waals surface area contributed by atoms with Crippen LogP contribution in [0.2, 0.25) is 0 Å². The van der Waals surface area contributed by atoms with Crippen molar-refractivity contribution in [2.45, 2.75) is 0 Å². The molecule has 11 nitrogen and oxygen atoms in total. The number of hydrogen-bond donors (Lipinski definition) is 9. The van der Waals surface area contributed by atoms with Crippen LogP contribution in [0.25, 0.3) is 0 Å². The molecule has 0 aliphatic rings. The summed E-state index contributed by atoms with van der Waals surface area (Å²) < 4.78 is 14.0. The van der Waals surface area contributed by atoms with Crippen LogP contribution in [0.4, 0.5) is 0 Å². The smallest absolute Gasteiger partial charge is 0.396 e. The van der Waals surface area contributed by atoms with Crippen LogP contribution in [-0.2, 0) is 9.30 Å². The van der Waals surface area contributed by atoms with Crippen LogP contribution < -0.4 is 0 Å². The summed E-state index contributed by atoms with van der Waals surface area (Å²) in [7, 11) is -4.64. The van der Waals surface area contributed by atoms with Gasteiger partial charge in [-0.15, -0.1) is 0 Å². The van der Waals surface area contributed by atoms with Gasteiger partial charge in [0.2, 0.25) is 0 Å². The van der Waals surface area contributed by atoms with Gasteiger partial charge in [0.1, 0.15) is 0 Å². The fraction of sp³-hybridized carbons (Fsp3) is 1.00. The Kier molecular flexibility index (Phi) is 12.5. The van der Waals surface area contributed by atoms with E-state index in [0.717, 1.165) is 0 Å². The highest BCUT2D eigenvalue weighted by molar-refractivity contribution is 7.45. The van der Waals surface area contributed by atoms with Crippen molar-refractivity contribution in [1.29, 1.82) is 0 Å². The number of aliphatic hydroxyl groups is 6. The zero-order valence-corrected chi connectivity index (χ0v) is 12.8. The Hall–Kier alpha value is -0.170. The summed E-state index contributed by atoms with van der Waals surface area (Å²) >= 11 is 0. The third kappa shape index (κ3) is 10.5. The Morgan fingerprint density at radius 2 is 0.818 bits per heavy atom. The molecular formula is C10H25O11P. The molecule has 136 valence electrons. The summed E-state index contributed by atoms with van der Waals surface area (Å²) in [5.74, 6) is 0. The van der Waals surface area contributed by atoms with Gasteiger partial charge in [-0.2, -0.15) is 0 Å². The van der Waals surface area contributed by atoms with E-state index in [9.17, 15) is 0 Å². The minimum atomic E-state index is -4.64. The van der Waals surface area contributed by atoms with Crippen molar-refractivity contribution in [3.05, 3.63) is 0 Å². The predicted octanol–water partition coefficient (Wildman–Crippen LogP) is -4.00. The Morgan fingerprint density at radius 3 is 0.955 bits per heavy atom. The highest BCUT2D eigenvalue weighted by atomic mass is 31.2. The lowest BCUT2D eigenvalue weighted by Gasteiger charge is -2.31. The van der Waals surface area contributed by atoms with Gasteiger partial charge in [0.05, 0.1) is 63.7 Å². The maximum atomic E-state index is 9.03. The Balaban J connectivity index is 0. The lowest BCUT2D eigenvalue weighted by Crippen LogP contribution is -2.43. The molecule has 0 saturated carbocycles. The second-order valence-electron chi connectivity index (χ2n) is 4.95. The van der Waals surface area contributed by atoms with Crippen molar-refractivity contribution in [1.82, 2.24) is 0 Å². The van der Waals surface area contributed by atoms with E-state index >= 15 is 0 Å². The number of ether oxygens (including phenoxy) is 1. The summed E-state index contributed by atoms with van der Waals surface area (Å²) in [4.78, 5) is 21.6. The normalized spacial score (nSPS) is 12.8. The zero-order chi connectivity index (χ0) is 17.9. The third-order valence-corrected chi connectivity index (χ3v) is 2.83. The molecule has 0 radical (unpaired) electrons. The molecule has 0 aliphatic heterocycles. The lowest BCUT2D eigenvalue weighted by atomic mass is 9.91. The van der Waals surface area contributed by atoms with Crippen LogP contribution in [0.5, 0.6) is 0 Å². The molecule has 0 saturated heterocycles.